The maximum atomic E-state index is 11.4. The van der Waals surface area contributed by atoms with E-state index in [0.29, 0.717) is 15.8 Å². The molecular formula is C12H12Cl2O4. The molecule has 0 saturated carbocycles. The number of ether oxygens (including phenoxy) is 2. The Hall–Kier alpha value is -1.26. The summed E-state index contributed by atoms with van der Waals surface area (Å²) in [5, 5.41) is 0.801. The molecule has 0 aliphatic heterocycles. The number of carbonyl (C=O) groups excluding carboxylic acids is 2. The quantitative estimate of drug-likeness (QED) is 0.597. The van der Waals surface area contributed by atoms with Crippen molar-refractivity contribution in [1.82, 2.24) is 0 Å². The van der Waals surface area contributed by atoms with Crippen molar-refractivity contribution in [2.75, 3.05) is 13.2 Å². The number of ketones is 1. The highest BCUT2D eigenvalue weighted by Gasteiger charge is 2.12. The first-order valence-corrected chi connectivity index (χ1v) is 6.03. The summed E-state index contributed by atoms with van der Waals surface area (Å²) in [5.74, 6) is -0.644. The minimum atomic E-state index is -0.566. The van der Waals surface area contributed by atoms with Gasteiger partial charge in [0.05, 0.1) is 11.6 Å². The molecule has 1 aromatic rings. The Morgan fingerprint density at radius 3 is 2.67 bits per heavy atom. The third-order valence-electron chi connectivity index (χ3n) is 1.93. The lowest BCUT2D eigenvalue weighted by molar-refractivity contribution is -0.145. The Kier molecular flexibility index (Phi) is 5.95. The number of esters is 1. The monoisotopic (exact) mass is 290 g/mol. The number of benzene rings is 1. The van der Waals surface area contributed by atoms with E-state index < -0.39 is 5.97 Å². The number of Topliss-reactive ketones (excluding diaryl/α,β-unsaturated/α-hetero) is 1. The second-order valence-corrected chi connectivity index (χ2v) is 4.23. The highest BCUT2D eigenvalue weighted by atomic mass is 35.5. The molecule has 98 valence electrons. The van der Waals surface area contributed by atoms with Crippen LogP contribution in [0.3, 0.4) is 0 Å². The topological polar surface area (TPSA) is 52.6 Å². The first kappa shape index (κ1) is 14.8. The molecule has 0 N–H and O–H groups in total. The Bertz CT molecular complexity index is 446. The number of carbonyl (C=O) groups is 2. The van der Waals surface area contributed by atoms with Gasteiger partial charge in [-0.15, -0.1) is 0 Å². The Morgan fingerprint density at radius 1 is 1.28 bits per heavy atom. The summed E-state index contributed by atoms with van der Waals surface area (Å²) < 4.78 is 9.83. The van der Waals surface area contributed by atoms with Crippen molar-refractivity contribution >= 4 is 35.0 Å². The average Bonchev–Trinajstić information content (AvgIpc) is 2.30. The van der Waals surface area contributed by atoms with Gasteiger partial charge >= 0.3 is 5.97 Å². The van der Waals surface area contributed by atoms with Crippen LogP contribution in [0, 0.1) is 0 Å². The first-order chi connectivity index (χ1) is 8.52. The van der Waals surface area contributed by atoms with Crippen LogP contribution >= 0.6 is 23.2 Å². The van der Waals surface area contributed by atoms with Crippen LogP contribution < -0.4 is 4.74 Å². The molecule has 1 aromatic carbocycles. The van der Waals surface area contributed by atoms with Gasteiger partial charge in [-0.1, -0.05) is 23.2 Å². The molecule has 0 saturated heterocycles. The molecule has 0 radical (unpaired) electrons. The summed E-state index contributed by atoms with van der Waals surface area (Å²) in [7, 11) is 0. The van der Waals surface area contributed by atoms with Gasteiger partial charge in [0.15, 0.2) is 5.78 Å². The minimum Gasteiger partial charge on any atom is -0.484 e. The lowest BCUT2D eigenvalue weighted by Crippen LogP contribution is -2.17. The van der Waals surface area contributed by atoms with Crippen molar-refractivity contribution in [3.05, 3.63) is 28.2 Å². The molecule has 0 spiro atoms. The van der Waals surface area contributed by atoms with Gasteiger partial charge in [0, 0.05) is 11.1 Å². The van der Waals surface area contributed by atoms with Gasteiger partial charge in [0.25, 0.3) is 0 Å². The zero-order valence-corrected chi connectivity index (χ0v) is 11.3. The lowest BCUT2D eigenvalue weighted by Gasteiger charge is -2.07. The third-order valence-corrected chi connectivity index (χ3v) is 2.48. The van der Waals surface area contributed by atoms with Crippen LogP contribution in [0.1, 0.15) is 13.3 Å². The molecule has 4 nitrogen and oxygen atoms in total. The smallest absolute Gasteiger partial charge is 0.313 e. The van der Waals surface area contributed by atoms with E-state index >= 15 is 0 Å². The Balaban J connectivity index is 2.47. The van der Waals surface area contributed by atoms with Crippen LogP contribution in [0.15, 0.2) is 18.2 Å². The fourth-order valence-electron chi connectivity index (χ4n) is 1.17. The van der Waals surface area contributed by atoms with Gasteiger partial charge in [-0.2, -0.15) is 0 Å². The van der Waals surface area contributed by atoms with Crippen molar-refractivity contribution in [3.8, 4) is 5.75 Å². The predicted octanol–water partition coefficient (Wildman–Crippen LogP) is 2.89. The maximum Gasteiger partial charge on any atom is 0.313 e. The van der Waals surface area contributed by atoms with Crippen molar-refractivity contribution in [1.29, 1.82) is 0 Å². The van der Waals surface area contributed by atoms with Gasteiger partial charge in [0.1, 0.15) is 18.8 Å². The lowest BCUT2D eigenvalue weighted by atomic mass is 10.3. The van der Waals surface area contributed by atoms with Gasteiger partial charge in [-0.25, -0.2) is 0 Å². The molecule has 0 amide bonds. The molecule has 0 atom stereocenters. The molecule has 0 heterocycles. The van der Waals surface area contributed by atoms with Crippen LogP contribution in [-0.2, 0) is 14.3 Å². The van der Waals surface area contributed by atoms with Gasteiger partial charge < -0.3 is 9.47 Å². The standard InChI is InChI=1S/C12H12Cl2O4/c1-2-17-12(16)6-9(15)7-18-11-5-8(13)3-4-10(11)14/h3-5H,2,6-7H2,1H3. The summed E-state index contributed by atoms with van der Waals surface area (Å²) in [6.07, 6.45) is -0.313. The largest absolute Gasteiger partial charge is 0.484 e. The van der Waals surface area contributed by atoms with E-state index in [1.165, 1.54) is 6.07 Å². The molecule has 0 aliphatic rings. The first-order valence-electron chi connectivity index (χ1n) is 5.28. The second kappa shape index (κ2) is 7.24. The molecule has 0 bridgehead atoms. The average molecular weight is 291 g/mol. The number of hydrogen-bond donors (Lipinski definition) is 0. The second-order valence-electron chi connectivity index (χ2n) is 3.38. The Labute approximate surface area is 115 Å². The van der Waals surface area contributed by atoms with Gasteiger partial charge in [0.2, 0.25) is 0 Å². The Morgan fingerprint density at radius 2 is 2.00 bits per heavy atom. The van der Waals surface area contributed by atoms with Crippen molar-refractivity contribution in [2.24, 2.45) is 0 Å². The van der Waals surface area contributed by atoms with Crippen LogP contribution in [0.2, 0.25) is 10.0 Å². The van der Waals surface area contributed by atoms with Crippen LogP contribution in [0.5, 0.6) is 5.75 Å². The molecule has 0 aliphatic carbocycles. The maximum absolute atomic E-state index is 11.4. The molecule has 6 heteroatoms. The molecule has 0 aromatic heterocycles. The van der Waals surface area contributed by atoms with Gasteiger partial charge in [-0.05, 0) is 19.1 Å². The summed E-state index contributed by atoms with van der Waals surface area (Å²) >= 11 is 11.6. The van der Waals surface area contributed by atoms with Crippen molar-refractivity contribution < 1.29 is 19.1 Å². The summed E-state index contributed by atoms with van der Waals surface area (Å²) in [6, 6.07) is 4.67. The number of hydrogen-bond acceptors (Lipinski definition) is 4. The molecule has 1 rings (SSSR count). The fraction of sp³-hybridized carbons (Fsp3) is 0.333. The highest BCUT2D eigenvalue weighted by Crippen LogP contribution is 2.27. The molecular weight excluding hydrogens is 279 g/mol. The number of rotatable bonds is 6. The summed E-state index contributed by atoms with van der Waals surface area (Å²) in [4.78, 5) is 22.4. The van der Waals surface area contributed by atoms with Crippen LogP contribution in [0.25, 0.3) is 0 Å². The fourth-order valence-corrected chi connectivity index (χ4v) is 1.50. The van der Waals surface area contributed by atoms with E-state index in [4.69, 9.17) is 27.9 Å². The van der Waals surface area contributed by atoms with E-state index in [0.717, 1.165) is 0 Å². The van der Waals surface area contributed by atoms with E-state index in [1.807, 2.05) is 0 Å². The van der Waals surface area contributed by atoms with Crippen LogP contribution in [-0.4, -0.2) is 25.0 Å². The minimum absolute atomic E-state index is 0.243. The van der Waals surface area contributed by atoms with Crippen molar-refractivity contribution in [3.63, 3.8) is 0 Å². The zero-order valence-electron chi connectivity index (χ0n) is 9.74. The van der Waals surface area contributed by atoms with E-state index in [2.05, 4.69) is 4.74 Å². The van der Waals surface area contributed by atoms with Gasteiger partial charge in [-0.3, -0.25) is 9.59 Å². The molecule has 18 heavy (non-hydrogen) atoms. The summed E-state index contributed by atoms with van der Waals surface area (Å²) in [6.45, 7) is 1.66. The van der Waals surface area contributed by atoms with E-state index in [1.54, 1.807) is 19.1 Å². The van der Waals surface area contributed by atoms with E-state index in [-0.39, 0.29) is 25.4 Å². The predicted molar refractivity (Wildman–Crippen MR) is 68.2 cm³/mol. The van der Waals surface area contributed by atoms with Crippen molar-refractivity contribution in [2.45, 2.75) is 13.3 Å². The summed E-state index contributed by atoms with van der Waals surface area (Å²) in [5.41, 5.74) is 0. The zero-order chi connectivity index (χ0) is 13.5. The molecule has 0 fully saturated rings. The van der Waals surface area contributed by atoms with E-state index in [9.17, 15) is 9.59 Å². The highest BCUT2D eigenvalue weighted by molar-refractivity contribution is 6.34. The third kappa shape index (κ3) is 4.94. The SMILES string of the molecule is CCOC(=O)CC(=O)COc1cc(Cl)ccc1Cl. The number of halogens is 2. The molecule has 0 unspecified atom stereocenters. The normalized spacial score (nSPS) is 9.94. The van der Waals surface area contributed by atoms with Crippen LogP contribution in [0.4, 0.5) is 0 Å².